The molecule has 2 aromatic heterocycles. The summed E-state index contributed by atoms with van der Waals surface area (Å²) in [5.41, 5.74) is 6.68. The molecule has 2 rings (SSSR count). The van der Waals surface area contributed by atoms with Crippen molar-refractivity contribution in [2.45, 2.75) is 13.0 Å². The van der Waals surface area contributed by atoms with Crippen molar-refractivity contribution in [2.24, 2.45) is 5.73 Å². The van der Waals surface area contributed by atoms with Crippen LogP contribution in [0, 0.1) is 5.82 Å². The summed E-state index contributed by atoms with van der Waals surface area (Å²) in [7, 11) is 0. The molecule has 0 aliphatic carbocycles. The van der Waals surface area contributed by atoms with E-state index in [9.17, 15) is 9.18 Å². The minimum absolute atomic E-state index is 0. The van der Waals surface area contributed by atoms with Crippen LogP contribution in [0.15, 0.2) is 36.5 Å². The second-order valence-corrected chi connectivity index (χ2v) is 4.17. The molecule has 0 radical (unpaired) electrons. The number of carbonyl (C=O) groups excluding carboxylic acids is 1. The van der Waals surface area contributed by atoms with Crippen molar-refractivity contribution in [3.8, 4) is 0 Å². The molecule has 0 unspecified atom stereocenters. The molecule has 0 fully saturated rings. The Morgan fingerprint density at radius 1 is 1.23 bits per heavy atom. The highest BCUT2D eigenvalue weighted by Crippen LogP contribution is 2.03. The average molecular weight is 347 g/mol. The molecule has 1 amide bonds. The molecule has 5 nitrogen and oxygen atoms in total. The van der Waals surface area contributed by atoms with Crippen molar-refractivity contribution >= 4 is 30.7 Å². The highest BCUT2D eigenvalue weighted by Gasteiger charge is 2.09. The standard InChI is InChI=1S/C14H15FN4O.2ClH/c15-11-4-2-8-17-13(11)9-18-14(20)12-5-1-3-10(19-12)6-7-16;;/h1-5,8H,6-7,9,16H2,(H,18,20);2*1H. The van der Waals surface area contributed by atoms with Gasteiger partial charge in [-0.2, -0.15) is 0 Å². The van der Waals surface area contributed by atoms with E-state index < -0.39 is 5.82 Å². The summed E-state index contributed by atoms with van der Waals surface area (Å²) in [5.74, 6) is -0.813. The maximum Gasteiger partial charge on any atom is 0.270 e. The summed E-state index contributed by atoms with van der Waals surface area (Å²) in [6, 6.07) is 7.95. The summed E-state index contributed by atoms with van der Waals surface area (Å²) in [5, 5.41) is 2.59. The Hall–Kier alpha value is -1.76. The molecule has 22 heavy (non-hydrogen) atoms. The summed E-state index contributed by atoms with van der Waals surface area (Å²) in [6.45, 7) is 0.492. The molecule has 0 aromatic carbocycles. The van der Waals surface area contributed by atoms with Gasteiger partial charge in [0.2, 0.25) is 0 Å². The Morgan fingerprint density at radius 2 is 2.00 bits per heavy atom. The van der Waals surface area contributed by atoms with Crippen LogP contribution in [-0.2, 0) is 13.0 Å². The van der Waals surface area contributed by atoms with Gasteiger partial charge in [-0.15, -0.1) is 24.8 Å². The van der Waals surface area contributed by atoms with E-state index >= 15 is 0 Å². The van der Waals surface area contributed by atoms with Gasteiger partial charge in [-0.05, 0) is 30.8 Å². The maximum atomic E-state index is 13.4. The summed E-state index contributed by atoms with van der Waals surface area (Å²) < 4.78 is 13.4. The van der Waals surface area contributed by atoms with Crippen molar-refractivity contribution in [2.75, 3.05) is 6.54 Å². The molecule has 120 valence electrons. The normalized spacial score (nSPS) is 9.36. The second kappa shape index (κ2) is 10.0. The first-order chi connectivity index (χ1) is 9.70. The van der Waals surface area contributed by atoms with Crippen molar-refractivity contribution in [3.63, 3.8) is 0 Å². The molecule has 0 aliphatic heterocycles. The molecule has 2 heterocycles. The largest absolute Gasteiger partial charge is 0.345 e. The van der Waals surface area contributed by atoms with Gasteiger partial charge < -0.3 is 11.1 Å². The lowest BCUT2D eigenvalue weighted by atomic mass is 10.2. The van der Waals surface area contributed by atoms with E-state index in [-0.39, 0.29) is 48.7 Å². The third kappa shape index (κ3) is 5.55. The Morgan fingerprint density at radius 3 is 2.68 bits per heavy atom. The van der Waals surface area contributed by atoms with Crippen LogP contribution in [0.25, 0.3) is 0 Å². The van der Waals surface area contributed by atoms with E-state index in [0.717, 1.165) is 5.69 Å². The zero-order valence-electron chi connectivity index (χ0n) is 11.7. The van der Waals surface area contributed by atoms with Crippen LogP contribution in [0.2, 0.25) is 0 Å². The zero-order chi connectivity index (χ0) is 14.4. The third-order valence-electron chi connectivity index (χ3n) is 2.69. The highest BCUT2D eigenvalue weighted by atomic mass is 35.5. The van der Waals surface area contributed by atoms with Crippen molar-refractivity contribution in [1.29, 1.82) is 0 Å². The molecule has 8 heteroatoms. The van der Waals surface area contributed by atoms with Gasteiger partial charge in [0.25, 0.3) is 5.91 Å². The average Bonchev–Trinajstić information content (AvgIpc) is 2.47. The van der Waals surface area contributed by atoms with E-state index in [1.54, 1.807) is 12.1 Å². The predicted octanol–water partition coefficient (Wildman–Crippen LogP) is 1.89. The number of pyridine rings is 2. The fraction of sp³-hybridized carbons (Fsp3) is 0.214. The van der Waals surface area contributed by atoms with Gasteiger partial charge in [0.05, 0.1) is 12.2 Å². The number of halogens is 3. The van der Waals surface area contributed by atoms with Gasteiger partial charge in [-0.25, -0.2) is 9.37 Å². The molecule has 0 bridgehead atoms. The first-order valence-corrected chi connectivity index (χ1v) is 6.24. The molecule has 3 N–H and O–H groups in total. The van der Waals surface area contributed by atoms with Crippen molar-refractivity contribution in [3.05, 3.63) is 59.4 Å². The summed E-state index contributed by atoms with van der Waals surface area (Å²) in [6.07, 6.45) is 2.08. The van der Waals surface area contributed by atoms with Gasteiger partial charge in [-0.3, -0.25) is 9.78 Å². The molecule has 0 spiro atoms. The highest BCUT2D eigenvalue weighted by molar-refractivity contribution is 5.92. The van der Waals surface area contributed by atoms with Gasteiger partial charge in [0, 0.05) is 18.3 Å². The molecule has 2 aromatic rings. The molecule has 0 atom stereocenters. The molecule has 0 aliphatic rings. The van der Waals surface area contributed by atoms with Crippen LogP contribution >= 0.6 is 24.8 Å². The molecular formula is C14H17Cl2FN4O. The van der Waals surface area contributed by atoms with Crippen LogP contribution in [0.1, 0.15) is 21.9 Å². The quantitative estimate of drug-likeness (QED) is 0.866. The van der Waals surface area contributed by atoms with Gasteiger partial charge >= 0.3 is 0 Å². The summed E-state index contributed by atoms with van der Waals surface area (Å²) in [4.78, 5) is 20.0. The SMILES string of the molecule is Cl.Cl.NCCc1cccc(C(=O)NCc2ncccc2F)n1. The van der Waals surface area contributed by atoms with E-state index in [1.165, 1.54) is 18.3 Å². The minimum atomic E-state index is -0.447. The Labute approximate surface area is 140 Å². The number of hydrogen-bond acceptors (Lipinski definition) is 4. The minimum Gasteiger partial charge on any atom is -0.345 e. The Bertz CT molecular complexity index is 613. The van der Waals surface area contributed by atoms with Crippen molar-refractivity contribution in [1.82, 2.24) is 15.3 Å². The van der Waals surface area contributed by atoms with Crippen LogP contribution < -0.4 is 11.1 Å². The summed E-state index contributed by atoms with van der Waals surface area (Å²) >= 11 is 0. The zero-order valence-corrected chi connectivity index (χ0v) is 13.3. The fourth-order valence-electron chi connectivity index (χ4n) is 1.70. The number of aromatic nitrogens is 2. The lowest BCUT2D eigenvalue weighted by molar-refractivity contribution is 0.0945. The first-order valence-electron chi connectivity index (χ1n) is 6.24. The second-order valence-electron chi connectivity index (χ2n) is 4.17. The van der Waals surface area contributed by atoms with E-state index in [1.807, 2.05) is 6.07 Å². The molecule has 0 saturated heterocycles. The number of nitrogens with two attached hydrogens (primary N) is 1. The van der Waals surface area contributed by atoms with E-state index in [0.29, 0.717) is 13.0 Å². The predicted molar refractivity (Wildman–Crippen MR) is 86.9 cm³/mol. The fourth-order valence-corrected chi connectivity index (χ4v) is 1.70. The number of nitrogens with one attached hydrogen (secondary N) is 1. The van der Waals surface area contributed by atoms with Crippen LogP contribution in [0.3, 0.4) is 0 Å². The smallest absolute Gasteiger partial charge is 0.270 e. The Kier molecular flexibility index (Phi) is 9.24. The number of carbonyl (C=O) groups is 1. The van der Waals surface area contributed by atoms with Crippen LogP contribution in [0.5, 0.6) is 0 Å². The van der Waals surface area contributed by atoms with Crippen LogP contribution in [-0.4, -0.2) is 22.4 Å². The van der Waals surface area contributed by atoms with Gasteiger partial charge in [-0.1, -0.05) is 6.07 Å². The van der Waals surface area contributed by atoms with Crippen molar-refractivity contribution < 1.29 is 9.18 Å². The lowest BCUT2D eigenvalue weighted by Gasteiger charge is -2.06. The molecular weight excluding hydrogens is 330 g/mol. The van der Waals surface area contributed by atoms with Gasteiger partial charge in [0.1, 0.15) is 11.5 Å². The monoisotopic (exact) mass is 346 g/mol. The maximum absolute atomic E-state index is 13.4. The first kappa shape index (κ1) is 20.2. The number of rotatable bonds is 5. The third-order valence-corrected chi connectivity index (χ3v) is 2.69. The number of amides is 1. The van der Waals surface area contributed by atoms with Gasteiger partial charge in [0.15, 0.2) is 0 Å². The lowest BCUT2D eigenvalue weighted by Crippen LogP contribution is -2.25. The number of hydrogen-bond donors (Lipinski definition) is 2. The Balaban J connectivity index is 0.00000220. The molecule has 0 saturated carbocycles. The van der Waals surface area contributed by atoms with E-state index in [4.69, 9.17) is 5.73 Å². The topological polar surface area (TPSA) is 80.9 Å². The number of nitrogens with zero attached hydrogens (tertiary/aromatic N) is 2. The van der Waals surface area contributed by atoms with Crippen LogP contribution in [0.4, 0.5) is 4.39 Å². The van der Waals surface area contributed by atoms with E-state index in [2.05, 4.69) is 15.3 Å².